The molecule has 0 aromatic heterocycles. The fourth-order valence-corrected chi connectivity index (χ4v) is 2.84. The van der Waals surface area contributed by atoms with Crippen LogP contribution in [-0.2, 0) is 0 Å². The molecule has 0 atom stereocenters. The van der Waals surface area contributed by atoms with Gasteiger partial charge in [-0.25, -0.2) is 10.5 Å². The molecule has 1 aliphatic rings. The normalized spacial score (nSPS) is 16.1. The van der Waals surface area contributed by atoms with Crippen LogP contribution in [0, 0.1) is 5.53 Å². The molecular weight excluding hydrogens is 218 g/mol. The number of hydrogen-bond donors (Lipinski definition) is 1. The molecule has 1 aromatic rings. The van der Waals surface area contributed by atoms with Crippen molar-refractivity contribution in [3.63, 3.8) is 0 Å². The Hall–Kier alpha value is -1.42. The van der Waals surface area contributed by atoms with E-state index in [-0.39, 0.29) is 0 Å². The zero-order valence-electron chi connectivity index (χ0n) is 9.10. The summed E-state index contributed by atoms with van der Waals surface area (Å²) in [5.74, 6) is 1.08. The smallest absolute Gasteiger partial charge is 0.138 e. The van der Waals surface area contributed by atoms with Crippen LogP contribution in [0.5, 0.6) is 0 Å². The second kappa shape index (κ2) is 5.07. The van der Waals surface area contributed by atoms with Gasteiger partial charge in [-0.15, -0.1) is 16.9 Å². The second-order valence-electron chi connectivity index (χ2n) is 3.60. The minimum atomic E-state index is 0.969. The quantitative estimate of drug-likeness (QED) is 0.467. The lowest BCUT2D eigenvalue weighted by Crippen LogP contribution is -1.87. The molecule has 0 bridgehead atoms. The zero-order chi connectivity index (χ0) is 11.4. The van der Waals surface area contributed by atoms with Gasteiger partial charge in [0, 0.05) is 16.2 Å². The maximum absolute atomic E-state index is 6.77. The largest absolute Gasteiger partial charge is 0.234 e. The van der Waals surface area contributed by atoms with Gasteiger partial charge in [-0.05, 0) is 25.0 Å². The number of rotatable bonds is 2. The Bertz CT molecular complexity index is 463. The predicted molar refractivity (Wildman–Crippen MR) is 68.0 cm³/mol. The van der Waals surface area contributed by atoms with Crippen molar-refractivity contribution in [2.75, 3.05) is 5.75 Å². The maximum Gasteiger partial charge on any atom is 0.138 e. The van der Waals surface area contributed by atoms with Crippen LogP contribution in [0.4, 0.5) is 0 Å². The molecule has 3 nitrogen and oxygen atoms in total. The van der Waals surface area contributed by atoms with Crippen LogP contribution < -0.4 is 0 Å². The summed E-state index contributed by atoms with van der Waals surface area (Å²) in [5.41, 5.74) is 10.2. The van der Waals surface area contributed by atoms with Crippen molar-refractivity contribution in [3.05, 3.63) is 35.4 Å². The molecule has 1 heterocycles. The van der Waals surface area contributed by atoms with E-state index < -0.39 is 0 Å². The maximum atomic E-state index is 6.77. The van der Waals surface area contributed by atoms with Gasteiger partial charge in [0.1, 0.15) is 6.34 Å². The summed E-state index contributed by atoms with van der Waals surface area (Å²) in [6, 6.07) is 8.26. The molecule has 16 heavy (non-hydrogen) atoms. The first-order valence-electron chi connectivity index (χ1n) is 5.14. The van der Waals surface area contributed by atoms with E-state index in [0.717, 1.165) is 23.4 Å². The van der Waals surface area contributed by atoms with Crippen molar-refractivity contribution in [1.29, 1.82) is 5.53 Å². The van der Waals surface area contributed by atoms with Gasteiger partial charge in [0.15, 0.2) is 0 Å². The van der Waals surface area contributed by atoms with Crippen molar-refractivity contribution in [3.8, 4) is 0 Å². The Labute approximate surface area is 99.2 Å². The molecule has 1 aliphatic heterocycles. The van der Waals surface area contributed by atoms with Gasteiger partial charge in [0.05, 0.1) is 5.70 Å². The number of fused-ring (bicyclic) bond motifs is 1. The van der Waals surface area contributed by atoms with E-state index in [9.17, 15) is 0 Å². The van der Waals surface area contributed by atoms with Crippen LogP contribution in [-0.4, -0.2) is 12.1 Å². The highest BCUT2D eigenvalue weighted by Gasteiger charge is 2.13. The van der Waals surface area contributed by atoms with Gasteiger partial charge < -0.3 is 0 Å². The average Bonchev–Trinajstić information content (AvgIpc) is 2.46. The molecule has 0 spiro atoms. The van der Waals surface area contributed by atoms with Gasteiger partial charge in [0.25, 0.3) is 0 Å². The van der Waals surface area contributed by atoms with Crippen LogP contribution in [0.3, 0.4) is 0 Å². The van der Waals surface area contributed by atoms with Crippen LogP contribution in [0.15, 0.2) is 44.8 Å². The SMILES string of the molecule is CC1=C(N=CN=N)c2ccccc2SCC1. The molecule has 1 aromatic carbocycles. The third-order valence-electron chi connectivity index (χ3n) is 2.53. The lowest BCUT2D eigenvalue weighted by Gasteiger charge is -2.06. The summed E-state index contributed by atoms with van der Waals surface area (Å²) >= 11 is 1.86. The highest BCUT2D eigenvalue weighted by Crippen LogP contribution is 2.35. The summed E-state index contributed by atoms with van der Waals surface area (Å²) in [5, 5.41) is 3.19. The molecular formula is C12H13N3S. The molecule has 0 saturated carbocycles. The molecule has 0 amide bonds. The topological polar surface area (TPSA) is 48.6 Å². The first-order valence-corrected chi connectivity index (χ1v) is 6.12. The van der Waals surface area contributed by atoms with E-state index in [1.54, 1.807) is 0 Å². The second-order valence-corrected chi connectivity index (χ2v) is 4.73. The summed E-state index contributed by atoms with van der Waals surface area (Å²) in [6.07, 6.45) is 2.33. The number of benzene rings is 1. The Morgan fingerprint density at radius 1 is 1.38 bits per heavy atom. The van der Waals surface area contributed by atoms with Crippen LogP contribution in [0.25, 0.3) is 5.70 Å². The molecule has 0 unspecified atom stereocenters. The highest BCUT2D eigenvalue weighted by molar-refractivity contribution is 7.99. The summed E-state index contributed by atoms with van der Waals surface area (Å²) < 4.78 is 0. The first kappa shape index (κ1) is 11.1. The van der Waals surface area contributed by atoms with Crippen molar-refractivity contribution in [1.82, 2.24) is 0 Å². The van der Waals surface area contributed by atoms with Gasteiger partial charge in [-0.2, -0.15) is 0 Å². The third-order valence-corrected chi connectivity index (χ3v) is 3.60. The van der Waals surface area contributed by atoms with Crippen molar-refractivity contribution in [2.24, 2.45) is 10.1 Å². The number of thioether (sulfide) groups is 1. The predicted octanol–water partition coefficient (Wildman–Crippen LogP) is 3.97. The van der Waals surface area contributed by atoms with E-state index in [0.29, 0.717) is 0 Å². The third kappa shape index (κ3) is 2.22. The van der Waals surface area contributed by atoms with Crippen LogP contribution >= 0.6 is 11.8 Å². The highest BCUT2D eigenvalue weighted by atomic mass is 32.2. The lowest BCUT2D eigenvalue weighted by atomic mass is 10.1. The van der Waals surface area contributed by atoms with Crippen molar-refractivity contribution in [2.45, 2.75) is 18.2 Å². The molecule has 0 fully saturated rings. The van der Waals surface area contributed by atoms with Crippen LogP contribution in [0.1, 0.15) is 18.9 Å². The standard InChI is InChI=1S/C12H13N3S/c1-9-6-7-16-11-5-3-2-4-10(11)12(9)14-8-15-13/h2-5,8,13H,6-7H2,1H3. The number of hydrogen-bond acceptors (Lipinski definition) is 3. The zero-order valence-corrected chi connectivity index (χ0v) is 9.92. The molecule has 0 radical (unpaired) electrons. The van der Waals surface area contributed by atoms with Crippen LogP contribution in [0.2, 0.25) is 0 Å². The fourth-order valence-electron chi connectivity index (χ4n) is 1.72. The Balaban J connectivity index is 2.53. The molecule has 0 saturated heterocycles. The Morgan fingerprint density at radius 2 is 2.19 bits per heavy atom. The Kier molecular flexibility index (Phi) is 3.51. The number of nitrogens with zero attached hydrogens (tertiary/aromatic N) is 2. The number of nitrogens with one attached hydrogen (secondary N) is 1. The molecule has 1 N–H and O–H groups in total. The van der Waals surface area contributed by atoms with E-state index in [4.69, 9.17) is 5.53 Å². The molecule has 4 heteroatoms. The monoisotopic (exact) mass is 231 g/mol. The van der Waals surface area contributed by atoms with Crippen molar-refractivity contribution < 1.29 is 0 Å². The van der Waals surface area contributed by atoms with Gasteiger partial charge >= 0.3 is 0 Å². The lowest BCUT2D eigenvalue weighted by molar-refractivity contribution is 1.11. The Morgan fingerprint density at radius 3 is 3.00 bits per heavy atom. The van der Waals surface area contributed by atoms with E-state index in [1.165, 1.54) is 16.8 Å². The summed E-state index contributed by atoms with van der Waals surface area (Å²) in [4.78, 5) is 5.53. The van der Waals surface area contributed by atoms with Crippen molar-refractivity contribution >= 4 is 23.8 Å². The van der Waals surface area contributed by atoms with E-state index in [2.05, 4.69) is 29.2 Å². The van der Waals surface area contributed by atoms with Gasteiger partial charge in [-0.3, -0.25) is 0 Å². The van der Waals surface area contributed by atoms with Gasteiger partial charge in [-0.1, -0.05) is 18.2 Å². The number of allylic oxidation sites excluding steroid dienone is 1. The molecule has 0 aliphatic carbocycles. The molecule has 2 rings (SSSR count). The minimum absolute atomic E-state index is 0.969. The average molecular weight is 231 g/mol. The summed E-state index contributed by atoms with van der Waals surface area (Å²) in [6.45, 7) is 2.10. The fraction of sp³-hybridized carbons (Fsp3) is 0.250. The van der Waals surface area contributed by atoms with E-state index in [1.807, 2.05) is 23.9 Å². The molecule has 82 valence electrons. The minimum Gasteiger partial charge on any atom is -0.234 e. The first-order chi connectivity index (χ1) is 7.83. The number of aliphatic imine (C=N–C) groups is 1. The summed E-state index contributed by atoms with van der Waals surface area (Å²) in [7, 11) is 0. The van der Waals surface area contributed by atoms with Gasteiger partial charge in [0.2, 0.25) is 0 Å². The van der Waals surface area contributed by atoms with E-state index >= 15 is 0 Å².